The van der Waals surface area contributed by atoms with Crippen LogP contribution in [-0.2, 0) is 18.6 Å². The number of anilines is 1. The van der Waals surface area contributed by atoms with E-state index in [4.69, 9.17) is 16.3 Å². The van der Waals surface area contributed by atoms with Crippen LogP contribution in [0.15, 0.2) is 79.1 Å². The summed E-state index contributed by atoms with van der Waals surface area (Å²) < 4.78 is 20.8. The van der Waals surface area contributed by atoms with Crippen LogP contribution in [-0.4, -0.2) is 15.7 Å². The molecule has 1 amide bonds. The summed E-state index contributed by atoms with van der Waals surface area (Å²) in [5, 5.41) is 7.44. The van der Waals surface area contributed by atoms with Gasteiger partial charge in [-0.3, -0.25) is 9.48 Å². The van der Waals surface area contributed by atoms with Gasteiger partial charge >= 0.3 is 0 Å². The number of ether oxygens (including phenoxy) is 1. The van der Waals surface area contributed by atoms with Crippen LogP contribution >= 0.6 is 11.6 Å². The SMILES string of the molecule is CC(C)(C)c1ccc(OCc2cccc(C(=O)Nc3cnn(Cc4ccc(F)cc4Cl)c3)c2)cc1. The predicted molar refractivity (Wildman–Crippen MR) is 137 cm³/mol. The molecule has 1 aromatic heterocycles. The third-order valence-electron chi connectivity index (χ3n) is 5.55. The number of halogens is 2. The normalized spacial score (nSPS) is 11.3. The molecule has 180 valence electrons. The smallest absolute Gasteiger partial charge is 0.255 e. The minimum absolute atomic E-state index is 0.0880. The first kappa shape index (κ1) is 24.5. The van der Waals surface area contributed by atoms with Crippen molar-refractivity contribution in [3.05, 3.63) is 112 Å². The summed E-state index contributed by atoms with van der Waals surface area (Å²) in [6.45, 7) is 7.23. The van der Waals surface area contributed by atoms with Crippen molar-refractivity contribution in [1.29, 1.82) is 0 Å². The van der Waals surface area contributed by atoms with Gasteiger partial charge in [0.25, 0.3) is 5.91 Å². The van der Waals surface area contributed by atoms with Crippen LogP contribution in [0.25, 0.3) is 0 Å². The third kappa shape index (κ3) is 6.49. The summed E-state index contributed by atoms with van der Waals surface area (Å²) in [7, 11) is 0. The molecular weight excluding hydrogens is 465 g/mol. The maximum absolute atomic E-state index is 13.2. The minimum atomic E-state index is -0.391. The molecule has 1 heterocycles. The molecule has 35 heavy (non-hydrogen) atoms. The molecule has 3 aromatic carbocycles. The summed E-state index contributed by atoms with van der Waals surface area (Å²) in [4.78, 5) is 12.8. The summed E-state index contributed by atoms with van der Waals surface area (Å²) in [5.74, 6) is 0.139. The highest BCUT2D eigenvalue weighted by Gasteiger charge is 2.13. The van der Waals surface area contributed by atoms with Crippen molar-refractivity contribution in [3.63, 3.8) is 0 Å². The molecule has 0 spiro atoms. The number of hydrogen-bond donors (Lipinski definition) is 1. The molecule has 0 saturated carbocycles. The van der Waals surface area contributed by atoms with E-state index in [-0.39, 0.29) is 11.3 Å². The molecule has 4 aromatic rings. The van der Waals surface area contributed by atoms with Gasteiger partial charge in [0.05, 0.1) is 18.4 Å². The van der Waals surface area contributed by atoms with E-state index in [0.717, 1.165) is 16.9 Å². The Bertz CT molecular complexity index is 1330. The highest BCUT2D eigenvalue weighted by Crippen LogP contribution is 2.25. The van der Waals surface area contributed by atoms with Crippen LogP contribution in [0.4, 0.5) is 10.1 Å². The Hall–Kier alpha value is -3.64. The lowest BCUT2D eigenvalue weighted by Crippen LogP contribution is -2.12. The van der Waals surface area contributed by atoms with Gasteiger partial charge in [-0.1, -0.05) is 62.7 Å². The number of benzene rings is 3. The number of nitrogens with zero attached hydrogens (tertiary/aromatic N) is 2. The third-order valence-corrected chi connectivity index (χ3v) is 5.91. The van der Waals surface area contributed by atoms with E-state index in [2.05, 4.69) is 43.3 Å². The van der Waals surface area contributed by atoms with Crippen LogP contribution in [0.3, 0.4) is 0 Å². The number of hydrogen-bond acceptors (Lipinski definition) is 3. The number of aromatic nitrogens is 2. The molecule has 1 N–H and O–H groups in total. The van der Waals surface area contributed by atoms with Gasteiger partial charge in [-0.25, -0.2) is 4.39 Å². The fraction of sp³-hybridized carbons (Fsp3) is 0.214. The van der Waals surface area contributed by atoms with Gasteiger partial charge in [0.1, 0.15) is 18.2 Å². The molecule has 0 aliphatic rings. The Balaban J connectivity index is 1.36. The summed E-state index contributed by atoms with van der Waals surface area (Å²) in [5.41, 5.74) is 4.02. The van der Waals surface area contributed by atoms with Crippen LogP contribution in [0.1, 0.15) is 47.8 Å². The van der Waals surface area contributed by atoms with Gasteiger partial charge in [0.2, 0.25) is 0 Å². The Morgan fingerprint density at radius 3 is 2.57 bits per heavy atom. The van der Waals surface area contributed by atoms with Crippen LogP contribution in [0, 0.1) is 5.82 Å². The second-order valence-corrected chi connectivity index (χ2v) is 9.79. The Labute approximate surface area is 209 Å². The molecule has 0 atom stereocenters. The van der Waals surface area contributed by atoms with Crippen molar-refractivity contribution in [2.45, 2.75) is 39.3 Å². The zero-order valence-corrected chi connectivity index (χ0v) is 20.6. The van der Waals surface area contributed by atoms with E-state index in [9.17, 15) is 9.18 Å². The molecule has 0 radical (unpaired) electrons. The van der Waals surface area contributed by atoms with Crippen molar-refractivity contribution < 1.29 is 13.9 Å². The topological polar surface area (TPSA) is 56.1 Å². The number of amides is 1. The van der Waals surface area contributed by atoms with E-state index < -0.39 is 5.82 Å². The maximum atomic E-state index is 13.2. The number of rotatable bonds is 7. The minimum Gasteiger partial charge on any atom is -0.489 e. The summed E-state index contributed by atoms with van der Waals surface area (Å²) in [6, 6.07) is 19.6. The largest absolute Gasteiger partial charge is 0.489 e. The Morgan fingerprint density at radius 1 is 1.09 bits per heavy atom. The van der Waals surface area contributed by atoms with Crippen molar-refractivity contribution in [3.8, 4) is 5.75 Å². The average molecular weight is 492 g/mol. The van der Waals surface area contributed by atoms with Crippen molar-refractivity contribution in [1.82, 2.24) is 9.78 Å². The standard InChI is InChI=1S/C28H27ClFN3O2/c1-28(2,3)22-8-11-25(12-9-22)35-18-19-5-4-6-20(13-19)27(34)32-24-15-31-33(17-24)16-21-7-10-23(30)14-26(21)29/h4-15,17H,16,18H2,1-3H3,(H,32,34). The van der Waals surface area contributed by atoms with E-state index in [0.29, 0.717) is 29.4 Å². The van der Waals surface area contributed by atoms with E-state index in [1.807, 2.05) is 30.3 Å². The van der Waals surface area contributed by atoms with Crippen LogP contribution < -0.4 is 10.1 Å². The van der Waals surface area contributed by atoms with Gasteiger partial charge in [-0.2, -0.15) is 5.10 Å². The molecule has 0 aliphatic heterocycles. The molecule has 0 fully saturated rings. The lowest BCUT2D eigenvalue weighted by Gasteiger charge is -2.19. The quantitative estimate of drug-likeness (QED) is 0.307. The lowest BCUT2D eigenvalue weighted by molar-refractivity contribution is 0.102. The predicted octanol–water partition coefficient (Wildman–Crippen LogP) is 6.85. The van der Waals surface area contributed by atoms with Crippen LogP contribution in [0.5, 0.6) is 5.75 Å². The molecule has 0 bridgehead atoms. The molecule has 4 rings (SSSR count). The molecule has 0 unspecified atom stereocenters. The first-order valence-electron chi connectivity index (χ1n) is 11.3. The molecule has 7 heteroatoms. The van der Waals surface area contributed by atoms with Gasteiger partial charge in [0.15, 0.2) is 0 Å². The average Bonchev–Trinajstić information content (AvgIpc) is 3.26. The van der Waals surface area contributed by atoms with E-state index in [1.54, 1.807) is 29.2 Å². The van der Waals surface area contributed by atoms with Crippen molar-refractivity contribution in [2.75, 3.05) is 5.32 Å². The number of carbonyl (C=O) groups is 1. The van der Waals surface area contributed by atoms with E-state index in [1.165, 1.54) is 17.7 Å². The first-order chi connectivity index (χ1) is 16.7. The Morgan fingerprint density at radius 2 is 1.86 bits per heavy atom. The van der Waals surface area contributed by atoms with Gasteiger partial charge in [-0.05, 0) is 58.5 Å². The van der Waals surface area contributed by atoms with Crippen molar-refractivity contribution >= 4 is 23.2 Å². The van der Waals surface area contributed by atoms with E-state index >= 15 is 0 Å². The zero-order valence-electron chi connectivity index (χ0n) is 19.9. The molecule has 0 aliphatic carbocycles. The molecule has 0 saturated heterocycles. The Kier molecular flexibility index (Phi) is 7.22. The molecular formula is C28H27ClFN3O2. The monoisotopic (exact) mass is 491 g/mol. The maximum Gasteiger partial charge on any atom is 0.255 e. The van der Waals surface area contributed by atoms with Crippen molar-refractivity contribution in [2.24, 2.45) is 0 Å². The highest BCUT2D eigenvalue weighted by molar-refractivity contribution is 6.31. The summed E-state index contributed by atoms with van der Waals surface area (Å²) >= 11 is 6.09. The number of carbonyl (C=O) groups excluding carboxylic acids is 1. The number of nitrogens with one attached hydrogen (secondary N) is 1. The first-order valence-corrected chi connectivity index (χ1v) is 11.7. The second kappa shape index (κ2) is 10.3. The fourth-order valence-corrected chi connectivity index (χ4v) is 3.79. The highest BCUT2D eigenvalue weighted by atomic mass is 35.5. The summed E-state index contributed by atoms with van der Waals surface area (Å²) in [6.07, 6.45) is 3.26. The zero-order chi connectivity index (χ0) is 25.0. The van der Waals surface area contributed by atoms with Crippen LogP contribution in [0.2, 0.25) is 5.02 Å². The lowest BCUT2D eigenvalue weighted by atomic mass is 9.87. The second-order valence-electron chi connectivity index (χ2n) is 9.38. The van der Waals surface area contributed by atoms with Gasteiger partial charge in [-0.15, -0.1) is 0 Å². The van der Waals surface area contributed by atoms with Gasteiger partial charge < -0.3 is 10.1 Å². The molecule has 5 nitrogen and oxygen atoms in total. The van der Waals surface area contributed by atoms with Gasteiger partial charge in [0, 0.05) is 16.8 Å². The fourth-order valence-electron chi connectivity index (χ4n) is 3.56.